The van der Waals surface area contributed by atoms with E-state index >= 15 is 0 Å². The molecule has 0 saturated carbocycles. The second-order valence-corrected chi connectivity index (χ2v) is 6.02. The molecule has 0 aliphatic rings. The smallest absolute Gasteiger partial charge is 0.0693 e. The molecular weight excluding hydrogens is 315 g/mol. The van der Waals surface area contributed by atoms with Crippen molar-refractivity contribution in [3.8, 4) is 0 Å². The van der Waals surface area contributed by atoms with Crippen molar-refractivity contribution in [2.45, 2.75) is 13.1 Å². The van der Waals surface area contributed by atoms with E-state index in [0.29, 0.717) is 15.7 Å². The van der Waals surface area contributed by atoms with Gasteiger partial charge in [0, 0.05) is 18.1 Å². The van der Waals surface area contributed by atoms with E-state index < -0.39 is 0 Å². The molecule has 0 saturated heterocycles. The van der Waals surface area contributed by atoms with Gasteiger partial charge in [0.2, 0.25) is 0 Å². The van der Waals surface area contributed by atoms with Crippen LogP contribution in [0.3, 0.4) is 0 Å². The maximum absolute atomic E-state index is 6.04. The quantitative estimate of drug-likeness (QED) is 0.812. The SMILES string of the molecule is CN(Cc1ccc(Cl)cc1)Cc1cc(Cl)c(N)c(Cl)c1. The van der Waals surface area contributed by atoms with Gasteiger partial charge in [-0.05, 0) is 42.4 Å². The van der Waals surface area contributed by atoms with Crippen LogP contribution in [0.25, 0.3) is 0 Å². The Kier molecular flexibility index (Phi) is 5.17. The van der Waals surface area contributed by atoms with E-state index in [1.807, 2.05) is 43.4 Å². The maximum Gasteiger partial charge on any atom is 0.0693 e. The maximum atomic E-state index is 6.04. The van der Waals surface area contributed by atoms with Crippen molar-refractivity contribution in [1.82, 2.24) is 4.90 Å². The Morgan fingerprint density at radius 1 is 0.900 bits per heavy atom. The van der Waals surface area contributed by atoms with Gasteiger partial charge in [-0.15, -0.1) is 0 Å². The van der Waals surface area contributed by atoms with Crippen LogP contribution < -0.4 is 5.73 Å². The molecule has 2 aromatic rings. The third-order valence-corrected chi connectivity index (χ3v) is 3.83. The van der Waals surface area contributed by atoms with Crippen molar-refractivity contribution in [1.29, 1.82) is 0 Å². The molecule has 0 heterocycles. The summed E-state index contributed by atoms with van der Waals surface area (Å²) in [4.78, 5) is 2.17. The summed E-state index contributed by atoms with van der Waals surface area (Å²) in [7, 11) is 2.03. The summed E-state index contributed by atoms with van der Waals surface area (Å²) in [5.41, 5.74) is 8.39. The summed E-state index contributed by atoms with van der Waals surface area (Å²) in [6.45, 7) is 1.55. The molecule has 0 bridgehead atoms. The standard InChI is InChI=1S/C15H15Cl3N2/c1-20(8-10-2-4-12(16)5-3-10)9-11-6-13(17)15(19)14(18)7-11/h2-7H,8-9,19H2,1H3. The predicted molar refractivity (Wildman–Crippen MR) is 87.5 cm³/mol. The molecule has 2 N–H and O–H groups in total. The predicted octanol–water partition coefficient (Wildman–Crippen LogP) is 4.86. The summed E-state index contributed by atoms with van der Waals surface area (Å²) in [6.07, 6.45) is 0. The first-order valence-corrected chi connectivity index (χ1v) is 7.25. The topological polar surface area (TPSA) is 29.3 Å². The second kappa shape index (κ2) is 6.68. The zero-order valence-electron chi connectivity index (χ0n) is 11.0. The van der Waals surface area contributed by atoms with E-state index in [1.165, 1.54) is 5.56 Å². The molecule has 106 valence electrons. The van der Waals surface area contributed by atoms with Crippen LogP contribution in [0.5, 0.6) is 0 Å². The molecule has 0 unspecified atom stereocenters. The van der Waals surface area contributed by atoms with Gasteiger partial charge in [-0.2, -0.15) is 0 Å². The fourth-order valence-corrected chi connectivity index (χ4v) is 2.66. The summed E-state index contributed by atoms with van der Waals surface area (Å²) in [5, 5.41) is 1.73. The molecule has 0 spiro atoms. The molecule has 0 radical (unpaired) electrons. The second-order valence-electron chi connectivity index (χ2n) is 4.77. The molecule has 0 aliphatic carbocycles. The van der Waals surface area contributed by atoms with Crippen molar-refractivity contribution in [3.63, 3.8) is 0 Å². The van der Waals surface area contributed by atoms with Gasteiger partial charge >= 0.3 is 0 Å². The van der Waals surface area contributed by atoms with Crippen molar-refractivity contribution in [3.05, 3.63) is 62.6 Å². The first-order chi connectivity index (χ1) is 9.45. The molecular formula is C15H15Cl3N2. The van der Waals surface area contributed by atoms with Gasteiger partial charge in [0.1, 0.15) is 0 Å². The number of rotatable bonds is 4. The highest BCUT2D eigenvalue weighted by Crippen LogP contribution is 2.29. The fraction of sp³-hybridized carbons (Fsp3) is 0.200. The average molecular weight is 330 g/mol. The number of nitrogens with zero attached hydrogens (tertiary/aromatic N) is 1. The van der Waals surface area contributed by atoms with Crippen LogP contribution in [0.2, 0.25) is 15.1 Å². The Morgan fingerprint density at radius 2 is 1.40 bits per heavy atom. The number of benzene rings is 2. The minimum absolute atomic E-state index is 0.428. The summed E-state index contributed by atoms with van der Waals surface area (Å²) >= 11 is 17.9. The third-order valence-electron chi connectivity index (χ3n) is 2.96. The molecule has 0 atom stereocenters. The molecule has 20 heavy (non-hydrogen) atoms. The zero-order valence-corrected chi connectivity index (χ0v) is 13.3. The zero-order chi connectivity index (χ0) is 14.7. The van der Waals surface area contributed by atoms with Gasteiger partial charge in [0.15, 0.2) is 0 Å². The highest BCUT2D eigenvalue weighted by Gasteiger charge is 2.07. The van der Waals surface area contributed by atoms with Gasteiger partial charge < -0.3 is 5.73 Å². The van der Waals surface area contributed by atoms with Gasteiger partial charge in [0.05, 0.1) is 15.7 Å². The van der Waals surface area contributed by atoms with Gasteiger partial charge in [0.25, 0.3) is 0 Å². The van der Waals surface area contributed by atoms with E-state index in [2.05, 4.69) is 4.90 Å². The normalized spacial score (nSPS) is 11.1. The minimum atomic E-state index is 0.428. The Balaban J connectivity index is 2.04. The number of anilines is 1. The Morgan fingerprint density at radius 3 is 1.95 bits per heavy atom. The molecule has 0 fully saturated rings. The van der Waals surface area contributed by atoms with Crippen molar-refractivity contribution >= 4 is 40.5 Å². The average Bonchev–Trinajstić information content (AvgIpc) is 2.38. The fourth-order valence-electron chi connectivity index (χ4n) is 2.00. The minimum Gasteiger partial charge on any atom is -0.396 e. The number of nitrogens with two attached hydrogens (primary N) is 1. The largest absolute Gasteiger partial charge is 0.396 e. The number of hydrogen-bond donors (Lipinski definition) is 1. The van der Waals surface area contributed by atoms with Gasteiger partial charge in [-0.3, -0.25) is 4.90 Å². The number of hydrogen-bond acceptors (Lipinski definition) is 2. The van der Waals surface area contributed by atoms with Crippen LogP contribution in [-0.2, 0) is 13.1 Å². The van der Waals surface area contributed by atoms with E-state index in [0.717, 1.165) is 23.7 Å². The molecule has 0 aromatic heterocycles. The van der Waals surface area contributed by atoms with Crippen molar-refractivity contribution in [2.75, 3.05) is 12.8 Å². The van der Waals surface area contributed by atoms with Gasteiger partial charge in [-0.1, -0.05) is 46.9 Å². The lowest BCUT2D eigenvalue weighted by atomic mass is 10.1. The van der Waals surface area contributed by atoms with Crippen LogP contribution in [-0.4, -0.2) is 11.9 Å². The van der Waals surface area contributed by atoms with Crippen molar-refractivity contribution < 1.29 is 0 Å². The summed E-state index contributed by atoms with van der Waals surface area (Å²) in [6, 6.07) is 11.5. The van der Waals surface area contributed by atoms with E-state index in [4.69, 9.17) is 40.5 Å². The van der Waals surface area contributed by atoms with E-state index in [-0.39, 0.29) is 0 Å². The van der Waals surface area contributed by atoms with Crippen LogP contribution in [0.1, 0.15) is 11.1 Å². The van der Waals surface area contributed by atoms with Crippen LogP contribution in [0.4, 0.5) is 5.69 Å². The Labute approximate surface area is 134 Å². The molecule has 2 aromatic carbocycles. The van der Waals surface area contributed by atoms with Crippen LogP contribution >= 0.6 is 34.8 Å². The number of halogens is 3. The highest BCUT2D eigenvalue weighted by atomic mass is 35.5. The van der Waals surface area contributed by atoms with Crippen molar-refractivity contribution in [2.24, 2.45) is 0 Å². The molecule has 2 nitrogen and oxygen atoms in total. The molecule has 2 rings (SSSR count). The Hall–Kier alpha value is -0.930. The monoisotopic (exact) mass is 328 g/mol. The highest BCUT2D eigenvalue weighted by molar-refractivity contribution is 6.38. The first-order valence-electron chi connectivity index (χ1n) is 6.12. The van der Waals surface area contributed by atoms with E-state index in [9.17, 15) is 0 Å². The molecule has 5 heteroatoms. The lowest BCUT2D eigenvalue weighted by Crippen LogP contribution is -2.17. The number of nitrogen functional groups attached to an aromatic ring is 1. The lowest BCUT2D eigenvalue weighted by molar-refractivity contribution is 0.319. The molecule has 0 aliphatic heterocycles. The lowest BCUT2D eigenvalue weighted by Gasteiger charge is -2.17. The first kappa shape index (κ1) is 15.5. The van der Waals surface area contributed by atoms with Gasteiger partial charge in [-0.25, -0.2) is 0 Å². The summed E-state index contributed by atoms with van der Waals surface area (Å²) < 4.78 is 0. The van der Waals surface area contributed by atoms with E-state index in [1.54, 1.807) is 0 Å². The van der Waals surface area contributed by atoms with Crippen LogP contribution in [0, 0.1) is 0 Å². The van der Waals surface area contributed by atoms with Crippen LogP contribution in [0.15, 0.2) is 36.4 Å². The third kappa shape index (κ3) is 4.03. The summed E-state index contributed by atoms with van der Waals surface area (Å²) in [5.74, 6) is 0. The molecule has 0 amide bonds. The Bertz CT molecular complexity index is 574.